The maximum atomic E-state index is 11.8. The Kier molecular flexibility index (Phi) is 6.23. The lowest BCUT2D eigenvalue weighted by atomic mass is 10.1. The molecule has 4 nitrogen and oxygen atoms in total. The maximum Gasteiger partial charge on any atom is 0.224 e. The van der Waals surface area contributed by atoms with Crippen molar-refractivity contribution in [3.05, 3.63) is 29.8 Å². The van der Waals surface area contributed by atoms with Gasteiger partial charge in [-0.1, -0.05) is 18.9 Å². The Morgan fingerprint density at radius 1 is 1.38 bits per heavy atom. The van der Waals surface area contributed by atoms with Crippen LogP contribution in [-0.4, -0.2) is 19.1 Å². The fourth-order valence-corrected chi connectivity index (χ4v) is 2.65. The van der Waals surface area contributed by atoms with Crippen LogP contribution in [0, 0.1) is 17.2 Å². The molecule has 112 valence electrons. The van der Waals surface area contributed by atoms with Crippen LogP contribution in [0.2, 0.25) is 0 Å². The van der Waals surface area contributed by atoms with Gasteiger partial charge in [-0.15, -0.1) is 0 Å². The zero-order valence-electron chi connectivity index (χ0n) is 12.3. The third-order valence-corrected chi connectivity index (χ3v) is 3.80. The van der Waals surface area contributed by atoms with Gasteiger partial charge in [0.1, 0.15) is 0 Å². The van der Waals surface area contributed by atoms with Crippen molar-refractivity contribution in [1.29, 1.82) is 5.26 Å². The summed E-state index contributed by atoms with van der Waals surface area (Å²) in [6, 6.07) is 9.00. The molecule has 1 N–H and O–H groups in total. The molecule has 1 fully saturated rings. The van der Waals surface area contributed by atoms with Crippen LogP contribution < -0.4 is 5.32 Å². The summed E-state index contributed by atoms with van der Waals surface area (Å²) < 4.78 is 5.63. The van der Waals surface area contributed by atoms with E-state index in [4.69, 9.17) is 10.00 Å². The van der Waals surface area contributed by atoms with E-state index in [0.29, 0.717) is 24.3 Å². The molecule has 0 bridgehead atoms. The van der Waals surface area contributed by atoms with E-state index in [0.717, 1.165) is 18.9 Å². The van der Waals surface area contributed by atoms with Gasteiger partial charge in [0, 0.05) is 25.3 Å². The second-order valence-electron chi connectivity index (χ2n) is 5.57. The van der Waals surface area contributed by atoms with Crippen molar-refractivity contribution in [1.82, 2.24) is 0 Å². The zero-order valence-corrected chi connectivity index (χ0v) is 12.3. The van der Waals surface area contributed by atoms with E-state index in [-0.39, 0.29) is 5.91 Å². The minimum atomic E-state index is -0.0328. The summed E-state index contributed by atoms with van der Waals surface area (Å²) in [6.07, 6.45) is 6.42. The number of anilines is 1. The number of hydrogen-bond donors (Lipinski definition) is 1. The highest BCUT2D eigenvalue weighted by atomic mass is 16.5. The summed E-state index contributed by atoms with van der Waals surface area (Å²) in [7, 11) is 0. The average molecular weight is 286 g/mol. The standard InChI is InChI=1S/C17H22N2O2/c18-12-15-7-3-8-16(11-15)19-17(20)9-4-10-21-13-14-5-1-2-6-14/h3,7-8,11,14H,1-2,4-6,9-10,13H2,(H,19,20). The third kappa shape index (κ3) is 5.57. The summed E-state index contributed by atoms with van der Waals surface area (Å²) in [4.78, 5) is 11.8. The molecule has 0 radical (unpaired) electrons. The minimum absolute atomic E-state index is 0.0328. The topological polar surface area (TPSA) is 62.1 Å². The van der Waals surface area contributed by atoms with E-state index in [1.807, 2.05) is 0 Å². The second kappa shape index (κ2) is 8.43. The molecule has 1 aliphatic carbocycles. The molecule has 0 saturated heterocycles. The number of hydrogen-bond acceptors (Lipinski definition) is 3. The largest absolute Gasteiger partial charge is 0.381 e. The molecule has 0 aromatic heterocycles. The number of ether oxygens (including phenoxy) is 1. The summed E-state index contributed by atoms with van der Waals surface area (Å²) in [5.74, 6) is 0.696. The number of carbonyl (C=O) groups is 1. The smallest absolute Gasteiger partial charge is 0.224 e. The summed E-state index contributed by atoms with van der Waals surface area (Å²) in [5.41, 5.74) is 1.22. The second-order valence-corrected chi connectivity index (χ2v) is 5.57. The van der Waals surface area contributed by atoms with Gasteiger partial charge in [0.2, 0.25) is 5.91 Å². The number of nitriles is 1. The average Bonchev–Trinajstić information content (AvgIpc) is 3.00. The van der Waals surface area contributed by atoms with E-state index in [1.165, 1.54) is 25.7 Å². The van der Waals surface area contributed by atoms with Gasteiger partial charge < -0.3 is 10.1 Å². The van der Waals surface area contributed by atoms with Crippen LogP contribution in [0.4, 0.5) is 5.69 Å². The van der Waals surface area contributed by atoms with Crippen molar-refractivity contribution < 1.29 is 9.53 Å². The first-order chi connectivity index (χ1) is 10.3. The van der Waals surface area contributed by atoms with Gasteiger partial charge >= 0.3 is 0 Å². The Labute approximate surface area is 126 Å². The van der Waals surface area contributed by atoms with Crippen molar-refractivity contribution in [2.75, 3.05) is 18.5 Å². The molecule has 1 amide bonds. The van der Waals surface area contributed by atoms with Crippen molar-refractivity contribution in [3.8, 4) is 6.07 Å². The van der Waals surface area contributed by atoms with Gasteiger partial charge in [-0.25, -0.2) is 0 Å². The minimum Gasteiger partial charge on any atom is -0.381 e. The SMILES string of the molecule is N#Cc1cccc(NC(=O)CCCOCC2CCCC2)c1. The fraction of sp³-hybridized carbons (Fsp3) is 0.529. The van der Waals surface area contributed by atoms with E-state index in [2.05, 4.69) is 11.4 Å². The highest BCUT2D eigenvalue weighted by Gasteiger charge is 2.14. The van der Waals surface area contributed by atoms with E-state index < -0.39 is 0 Å². The number of rotatable bonds is 7. The molecule has 0 atom stereocenters. The Morgan fingerprint density at radius 2 is 2.19 bits per heavy atom. The lowest BCUT2D eigenvalue weighted by molar-refractivity contribution is -0.116. The molecule has 1 aromatic carbocycles. The fourth-order valence-electron chi connectivity index (χ4n) is 2.65. The van der Waals surface area contributed by atoms with Gasteiger partial charge in [0.15, 0.2) is 0 Å². The first-order valence-electron chi connectivity index (χ1n) is 7.65. The van der Waals surface area contributed by atoms with Gasteiger partial charge in [0.25, 0.3) is 0 Å². The monoisotopic (exact) mass is 286 g/mol. The molecule has 0 heterocycles. The molecule has 4 heteroatoms. The number of carbonyl (C=O) groups excluding carboxylic acids is 1. The Hall–Kier alpha value is -1.86. The van der Waals surface area contributed by atoms with Crippen molar-refractivity contribution in [3.63, 3.8) is 0 Å². The van der Waals surface area contributed by atoms with Gasteiger partial charge in [-0.05, 0) is 43.4 Å². The van der Waals surface area contributed by atoms with Crippen LogP contribution in [-0.2, 0) is 9.53 Å². The lowest BCUT2D eigenvalue weighted by Crippen LogP contribution is -2.13. The number of nitrogens with zero attached hydrogens (tertiary/aromatic N) is 1. The maximum absolute atomic E-state index is 11.8. The highest BCUT2D eigenvalue weighted by molar-refractivity contribution is 5.90. The third-order valence-electron chi connectivity index (χ3n) is 3.80. The predicted molar refractivity (Wildman–Crippen MR) is 81.8 cm³/mol. The van der Waals surface area contributed by atoms with Gasteiger partial charge in [0.05, 0.1) is 11.6 Å². The lowest BCUT2D eigenvalue weighted by Gasteiger charge is -2.09. The summed E-state index contributed by atoms with van der Waals surface area (Å²) in [5, 5.41) is 11.6. The first-order valence-corrected chi connectivity index (χ1v) is 7.65. The van der Waals surface area contributed by atoms with E-state index in [9.17, 15) is 4.79 Å². The first kappa shape index (κ1) is 15.5. The van der Waals surface area contributed by atoms with Crippen LogP contribution in [0.25, 0.3) is 0 Å². The highest BCUT2D eigenvalue weighted by Crippen LogP contribution is 2.24. The number of nitrogens with one attached hydrogen (secondary N) is 1. The molecule has 0 unspecified atom stereocenters. The molecule has 2 rings (SSSR count). The Morgan fingerprint density at radius 3 is 2.95 bits per heavy atom. The normalized spacial score (nSPS) is 14.8. The summed E-state index contributed by atoms with van der Waals surface area (Å²) in [6.45, 7) is 1.48. The molecule has 1 saturated carbocycles. The zero-order chi connectivity index (χ0) is 14.9. The molecule has 1 aromatic rings. The molecular weight excluding hydrogens is 264 g/mol. The van der Waals surface area contributed by atoms with Crippen LogP contribution in [0.3, 0.4) is 0 Å². The number of amides is 1. The quantitative estimate of drug-likeness (QED) is 0.780. The van der Waals surface area contributed by atoms with Gasteiger partial charge in [-0.2, -0.15) is 5.26 Å². The van der Waals surface area contributed by atoms with Crippen LogP contribution in [0.15, 0.2) is 24.3 Å². The number of benzene rings is 1. The Bertz CT molecular complexity index is 502. The molecule has 1 aliphatic rings. The molecule has 0 aliphatic heterocycles. The molecule has 21 heavy (non-hydrogen) atoms. The van der Waals surface area contributed by atoms with Gasteiger partial charge in [-0.3, -0.25) is 4.79 Å². The van der Waals surface area contributed by atoms with E-state index in [1.54, 1.807) is 24.3 Å². The van der Waals surface area contributed by atoms with E-state index >= 15 is 0 Å². The van der Waals surface area contributed by atoms with Crippen molar-refractivity contribution in [2.45, 2.75) is 38.5 Å². The van der Waals surface area contributed by atoms with Crippen molar-refractivity contribution in [2.24, 2.45) is 5.92 Å². The Balaban J connectivity index is 1.59. The van der Waals surface area contributed by atoms with Crippen molar-refractivity contribution >= 4 is 11.6 Å². The van der Waals surface area contributed by atoms with Crippen LogP contribution >= 0.6 is 0 Å². The molecular formula is C17H22N2O2. The predicted octanol–water partition coefficient (Wildman–Crippen LogP) is 3.48. The summed E-state index contributed by atoms with van der Waals surface area (Å²) >= 11 is 0. The van der Waals surface area contributed by atoms with Crippen LogP contribution in [0.1, 0.15) is 44.1 Å². The van der Waals surface area contributed by atoms with Crippen LogP contribution in [0.5, 0.6) is 0 Å². The molecule has 0 spiro atoms.